The van der Waals surface area contributed by atoms with Gasteiger partial charge in [-0.15, -0.1) is 0 Å². The van der Waals surface area contributed by atoms with Gasteiger partial charge in [0, 0.05) is 0 Å². The Morgan fingerprint density at radius 3 is 2.33 bits per heavy atom. The summed E-state index contributed by atoms with van der Waals surface area (Å²) in [6.45, 7) is 0. The minimum absolute atomic E-state index is 0.306. The minimum atomic E-state index is 0.306. The van der Waals surface area contributed by atoms with Crippen LogP contribution in [0.15, 0.2) is 30.3 Å². The number of rotatable bonds is 2. The fourth-order valence-corrected chi connectivity index (χ4v) is 2.60. The maximum atomic E-state index is 5.21. The molecule has 12 heavy (non-hydrogen) atoms. The molecule has 0 heterocycles. The van der Waals surface area contributed by atoms with Crippen molar-refractivity contribution < 1.29 is 0 Å². The van der Waals surface area contributed by atoms with E-state index < -0.39 is 0 Å². The number of thiocarbonyl (C=S) groups is 1. The van der Waals surface area contributed by atoms with Gasteiger partial charge < -0.3 is 0 Å². The number of hydrogen-bond donors (Lipinski definition) is 0. The Morgan fingerprint density at radius 2 is 1.83 bits per heavy atom. The average Bonchev–Trinajstić information content (AvgIpc) is 2.06. The second-order valence-electron chi connectivity index (χ2n) is 2.58. The zero-order valence-corrected chi connectivity index (χ0v) is 9.68. The van der Waals surface area contributed by atoms with E-state index in [1.807, 2.05) is 25.1 Å². The Labute approximate surface area is 84.9 Å². The first-order valence-corrected chi connectivity index (χ1v) is 5.76. The van der Waals surface area contributed by atoms with Gasteiger partial charge in [0.2, 0.25) is 0 Å². The van der Waals surface area contributed by atoms with E-state index >= 15 is 0 Å². The van der Waals surface area contributed by atoms with Crippen molar-refractivity contribution in [2.24, 2.45) is 0 Å². The maximum absolute atomic E-state index is 5.21. The number of nitrogens with zero attached hydrogens (tertiary/aromatic N) is 1. The molecule has 0 aliphatic rings. The molecule has 0 amide bonds. The summed E-state index contributed by atoms with van der Waals surface area (Å²) >= 11 is 5.52. The normalized spacial score (nSPS) is 9.50. The van der Waals surface area contributed by atoms with Crippen LogP contribution in [0.3, 0.4) is 0 Å². The number of hydrogen-bond acceptors (Lipinski definition) is 1. The third-order valence-electron chi connectivity index (χ3n) is 1.31. The first kappa shape index (κ1) is 9.72. The predicted octanol–water partition coefficient (Wildman–Crippen LogP) is 0.863. The molecule has 1 nitrogen and oxygen atoms in total. The monoisotopic (exact) mass is 245 g/mol. The van der Waals surface area contributed by atoms with E-state index in [0.29, 0.717) is 15.0 Å². The second kappa shape index (κ2) is 4.61. The van der Waals surface area contributed by atoms with Gasteiger partial charge in [-0.2, -0.15) is 0 Å². The van der Waals surface area contributed by atoms with Crippen molar-refractivity contribution in [3.63, 3.8) is 0 Å². The van der Waals surface area contributed by atoms with Crippen molar-refractivity contribution in [2.75, 3.05) is 14.1 Å². The fourth-order valence-electron chi connectivity index (χ4n) is 0.681. The molecule has 0 saturated heterocycles. The van der Waals surface area contributed by atoms with Gasteiger partial charge in [-0.1, -0.05) is 0 Å². The van der Waals surface area contributed by atoms with Crippen LogP contribution in [-0.4, -0.2) is 37.8 Å². The quantitative estimate of drug-likeness (QED) is 0.561. The summed E-state index contributed by atoms with van der Waals surface area (Å²) in [5, 5.41) is 0. The molecule has 0 atom stereocenters. The zero-order valence-electron chi connectivity index (χ0n) is 7.15. The van der Waals surface area contributed by atoms with Gasteiger partial charge in [-0.05, 0) is 0 Å². The summed E-state index contributed by atoms with van der Waals surface area (Å²) in [5.41, 5.74) is 0. The first-order valence-electron chi connectivity index (χ1n) is 3.64. The summed E-state index contributed by atoms with van der Waals surface area (Å²) in [4.78, 5) is 2.00. The molecule has 1 aromatic rings. The SMILES string of the molecule is CN(C)C(=S)[Se]c1ccccc1. The van der Waals surface area contributed by atoms with E-state index in [1.165, 1.54) is 4.46 Å². The molecular weight excluding hydrogens is 233 g/mol. The van der Waals surface area contributed by atoms with Crippen molar-refractivity contribution in [2.45, 2.75) is 0 Å². The van der Waals surface area contributed by atoms with Crippen LogP contribution in [0.5, 0.6) is 0 Å². The standard InChI is InChI=1S/C9H11NSSe/c1-10(2)9(11)12-8-6-4-3-5-7-8/h3-7H,1-2H3. The summed E-state index contributed by atoms with van der Waals surface area (Å²) in [6, 6.07) is 10.4. The van der Waals surface area contributed by atoms with Crippen molar-refractivity contribution in [1.82, 2.24) is 4.90 Å². The van der Waals surface area contributed by atoms with Crippen LogP contribution in [0.25, 0.3) is 0 Å². The first-order chi connectivity index (χ1) is 5.70. The molecule has 1 aromatic carbocycles. The van der Waals surface area contributed by atoms with Crippen molar-refractivity contribution >= 4 is 35.5 Å². The third-order valence-corrected chi connectivity index (χ3v) is 4.31. The zero-order chi connectivity index (χ0) is 8.97. The molecule has 0 unspecified atom stereocenters. The molecule has 0 N–H and O–H groups in total. The molecule has 3 heteroatoms. The van der Waals surface area contributed by atoms with Gasteiger partial charge in [0.1, 0.15) is 0 Å². The van der Waals surface area contributed by atoms with Crippen LogP contribution in [0.2, 0.25) is 0 Å². The Morgan fingerprint density at radius 1 is 1.25 bits per heavy atom. The van der Waals surface area contributed by atoms with Crippen molar-refractivity contribution in [3.05, 3.63) is 30.3 Å². The van der Waals surface area contributed by atoms with E-state index in [4.69, 9.17) is 12.2 Å². The van der Waals surface area contributed by atoms with E-state index in [2.05, 4.69) is 24.3 Å². The molecule has 0 saturated carbocycles. The molecular formula is C9H11NSSe. The topological polar surface area (TPSA) is 3.24 Å². The van der Waals surface area contributed by atoms with Gasteiger partial charge in [0.25, 0.3) is 0 Å². The van der Waals surface area contributed by atoms with E-state index in [9.17, 15) is 0 Å². The van der Waals surface area contributed by atoms with Crippen LogP contribution in [0.4, 0.5) is 0 Å². The molecule has 0 bridgehead atoms. The van der Waals surface area contributed by atoms with E-state index in [1.54, 1.807) is 0 Å². The third kappa shape index (κ3) is 2.94. The van der Waals surface area contributed by atoms with Crippen LogP contribution < -0.4 is 4.46 Å². The van der Waals surface area contributed by atoms with Gasteiger partial charge in [0.05, 0.1) is 0 Å². The van der Waals surface area contributed by atoms with Gasteiger partial charge >= 0.3 is 84.9 Å². The average molecular weight is 244 g/mol. The van der Waals surface area contributed by atoms with Crippen LogP contribution in [-0.2, 0) is 0 Å². The predicted molar refractivity (Wildman–Crippen MR) is 58.1 cm³/mol. The van der Waals surface area contributed by atoms with E-state index in [0.717, 1.165) is 3.89 Å². The Kier molecular flexibility index (Phi) is 3.73. The Balaban J connectivity index is 2.59. The second-order valence-corrected chi connectivity index (χ2v) is 5.77. The number of benzene rings is 1. The summed E-state index contributed by atoms with van der Waals surface area (Å²) in [6.07, 6.45) is 0. The van der Waals surface area contributed by atoms with Crippen LogP contribution >= 0.6 is 12.2 Å². The van der Waals surface area contributed by atoms with E-state index in [-0.39, 0.29) is 0 Å². The molecule has 0 radical (unpaired) electrons. The summed E-state index contributed by atoms with van der Waals surface area (Å²) in [5.74, 6) is 0. The van der Waals surface area contributed by atoms with Crippen LogP contribution in [0, 0.1) is 0 Å². The molecule has 0 spiro atoms. The molecule has 64 valence electrons. The fraction of sp³-hybridized carbons (Fsp3) is 0.222. The van der Waals surface area contributed by atoms with Gasteiger partial charge in [-0.3, -0.25) is 0 Å². The molecule has 0 aliphatic carbocycles. The van der Waals surface area contributed by atoms with Crippen LogP contribution in [0.1, 0.15) is 0 Å². The molecule has 0 aliphatic heterocycles. The Hall–Kier alpha value is -0.371. The van der Waals surface area contributed by atoms with Crippen molar-refractivity contribution in [1.29, 1.82) is 0 Å². The molecule has 0 aromatic heterocycles. The summed E-state index contributed by atoms with van der Waals surface area (Å²) in [7, 11) is 3.99. The van der Waals surface area contributed by atoms with Gasteiger partial charge in [-0.25, -0.2) is 0 Å². The molecule has 1 rings (SSSR count). The van der Waals surface area contributed by atoms with Gasteiger partial charge in [0.15, 0.2) is 0 Å². The Bertz CT molecular complexity index is 258. The summed E-state index contributed by atoms with van der Waals surface area (Å²) < 4.78 is 2.37. The van der Waals surface area contributed by atoms with Crippen molar-refractivity contribution in [3.8, 4) is 0 Å². The molecule has 0 fully saturated rings.